The first kappa shape index (κ1) is 39.2. The Morgan fingerprint density at radius 1 is 0.825 bits per heavy atom. The predicted octanol–water partition coefficient (Wildman–Crippen LogP) is 7.80. The molecular weight excluding hydrogens is 791 g/mol. The van der Waals surface area contributed by atoms with Crippen molar-refractivity contribution in [2.24, 2.45) is 10.2 Å². The van der Waals surface area contributed by atoms with Crippen LogP contribution in [0.5, 0.6) is 11.5 Å². The van der Waals surface area contributed by atoms with E-state index in [-0.39, 0.29) is 38.4 Å². The van der Waals surface area contributed by atoms with Crippen LogP contribution >= 0.6 is 11.5 Å². The lowest BCUT2D eigenvalue weighted by Crippen LogP contribution is -2.37. The van der Waals surface area contributed by atoms with Crippen molar-refractivity contribution in [2.45, 2.75) is 30.6 Å². The number of fused-ring (bicyclic) bond motifs is 1. The second-order valence-corrected chi connectivity index (χ2v) is 17.3. The van der Waals surface area contributed by atoms with Crippen LogP contribution in [0.1, 0.15) is 18.1 Å². The summed E-state index contributed by atoms with van der Waals surface area (Å²) < 4.78 is 70.5. The zero-order valence-electron chi connectivity index (χ0n) is 30.8. The van der Waals surface area contributed by atoms with Crippen molar-refractivity contribution >= 4 is 81.8 Å². The van der Waals surface area contributed by atoms with Crippen LogP contribution in [0.2, 0.25) is 0 Å². The number of aromatic hydroxyl groups is 2. The second-order valence-electron chi connectivity index (χ2n) is 13.2. The van der Waals surface area contributed by atoms with Gasteiger partial charge in [0.15, 0.2) is 5.00 Å². The lowest BCUT2D eigenvalue weighted by atomic mass is 10.0. The minimum absolute atomic E-state index is 0.0159. The highest BCUT2D eigenvalue weighted by molar-refractivity contribution is 7.93. The van der Waals surface area contributed by atoms with E-state index in [4.69, 9.17) is 4.74 Å². The summed E-state index contributed by atoms with van der Waals surface area (Å²) in [5.41, 5.74) is 3.85. The fourth-order valence-corrected chi connectivity index (χ4v) is 9.28. The van der Waals surface area contributed by atoms with E-state index in [1.54, 1.807) is 32.0 Å². The molecule has 0 spiro atoms. The average Bonchev–Trinajstić information content (AvgIpc) is 3.60. The third-order valence-electron chi connectivity index (χ3n) is 9.20. The number of rotatable bonds is 11. The van der Waals surface area contributed by atoms with E-state index in [1.165, 1.54) is 61.5 Å². The van der Waals surface area contributed by atoms with Crippen molar-refractivity contribution in [3.8, 4) is 22.6 Å². The van der Waals surface area contributed by atoms with Crippen LogP contribution in [-0.2, 0) is 29.6 Å². The molecule has 57 heavy (non-hydrogen) atoms. The number of hydrogen-bond acceptors (Lipinski definition) is 13. The van der Waals surface area contributed by atoms with Gasteiger partial charge in [0.1, 0.15) is 16.4 Å². The molecule has 0 atom stereocenters. The third kappa shape index (κ3) is 8.53. The summed E-state index contributed by atoms with van der Waals surface area (Å²) in [7, 11) is -8.67. The fraction of sp³-hybridized carbons (Fsp3) is 0.179. The molecule has 1 saturated heterocycles. The number of carbonyl (C=O) groups excluding carboxylic acids is 1. The molecule has 15 nitrogen and oxygen atoms in total. The highest BCUT2D eigenvalue weighted by Gasteiger charge is 2.27. The molecule has 1 aromatic heterocycles. The van der Waals surface area contributed by atoms with Crippen LogP contribution in [0.3, 0.4) is 0 Å². The molecule has 1 amide bonds. The van der Waals surface area contributed by atoms with E-state index < -0.39 is 26.0 Å². The van der Waals surface area contributed by atoms with Gasteiger partial charge in [-0.2, -0.15) is 4.37 Å². The van der Waals surface area contributed by atoms with Gasteiger partial charge in [-0.3, -0.25) is 14.2 Å². The number of ether oxygens (including phenoxy) is 1. The van der Waals surface area contributed by atoms with Crippen molar-refractivity contribution in [3.63, 3.8) is 0 Å². The van der Waals surface area contributed by atoms with E-state index in [2.05, 4.69) is 29.4 Å². The summed E-state index contributed by atoms with van der Waals surface area (Å²) in [6.45, 7) is 6.48. The Morgan fingerprint density at radius 2 is 1.56 bits per heavy atom. The maximum atomic E-state index is 14.0. The van der Waals surface area contributed by atoms with Crippen molar-refractivity contribution in [2.75, 3.05) is 46.0 Å². The second kappa shape index (κ2) is 15.8. The fourth-order valence-electron chi connectivity index (χ4n) is 6.20. The smallest absolute Gasteiger partial charge is 0.264 e. The minimum Gasteiger partial charge on any atom is -0.506 e. The number of carbonyl (C=O) groups is 1. The molecule has 0 bridgehead atoms. The molecule has 2 heterocycles. The maximum Gasteiger partial charge on any atom is 0.264 e. The van der Waals surface area contributed by atoms with Crippen LogP contribution in [-0.4, -0.2) is 63.6 Å². The van der Waals surface area contributed by atoms with Gasteiger partial charge in [0, 0.05) is 31.0 Å². The van der Waals surface area contributed by atoms with Gasteiger partial charge in [-0.15, -0.1) is 10.2 Å². The Bertz CT molecular complexity index is 2770. The Balaban J connectivity index is 1.20. The van der Waals surface area contributed by atoms with Gasteiger partial charge in [-0.25, -0.2) is 16.8 Å². The number of aryl methyl sites for hydroxylation is 2. The van der Waals surface area contributed by atoms with Gasteiger partial charge < -0.3 is 25.2 Å². The lowest BCUT2D eigenvalue weighted by Gasteiger charge is -2.30. The summed E-state index contributed by atoms with van der Waals surface area (Å²) in [6, 6.07) is 23.7. The van der Waals surface area contributed by atoms with Crippen LogP contribution in [0.25, 0.3) is 22.0 Å². The topological polar surface area (TPSA) is 212 Å². The molecule has 6 aromatic rings. The van der Waals surface area contributed by atoms with E-state index in [1.807, 2.05) is 23.1 Å². The van der Waals surface area contributed by atoms with Crippen molar-refractivity contribution in [1.82, 2.24) is 4.37 Å². The highest BCUT2D eigenvalue weighted by Crippen LogP contribution is 2.41. The van der Waals surface area contributed by atoms with Gasteiger partial charge in [-0.1, -0.05) is 30.3 Å². The molecule has 18 heteroatoms. The zero-order valence-corrected chi connectivity index (χ0v) is 33.3. The van der Waals surface area contributed by atoms with Gasteiger partial charge in [-0.05, 0) is 103 Å². The van der Waals surface area contributed by atoms with Crippen molar-refractivity contribution in [3.05, 3.63) is 102 Å². The van der Waals surface area contributed by atoms with Crippen LogP contribution < -0.4 is 19.7 Å². The SMILES string of the molecule is CC(=O)Nc1cc(N=Nc2snc3ccc(S(=O)(=O)Nc4ccc(N5CCOCC5)c(S(=O)(=O)Nc5cc(C)c(C)cc5O)c4)cc23)cc(-c2ccccc2)c1O. The number of sulfonamides is 2. The number of aromatic nitrogens is 1. The van der Waals surface area contributed by atoms with Crippen molar-refractivity contribution in [1.29, 1.82) is 0 Å². The summed E-state index contributed by atoms with van der Waals surface area (Å²) in [4.78, 5) is 13.4. The number of morpholine rings is 1. The predicted molar refractivity (Wildman–Crippen MR) is 220 cm³/mol. The number of benzene rings is 5. The number of amides is 1. The molecule has 5 N–H and O–H groups in total. The Hall–Kier alpha value is -6.08. The van der Waals surface area contributed by atoms with Crippen LogP contribution in [0.4, 0.5) is 33.4 Å². The molecule has 0 aliphatic carbocycles. The molecule has 0 radical (unpaired) electrons. The Labute approximate surface area is 332 Å². The summed E-state index contributed by atoms with van der Waals surface area (Å²) in [6.07, 6.45) is 0. The van der Waals surface area contributed by atoms with Crippen LogP contribution in [0.15, 0.2) is 111 Å². The van der Waals surface area contributed by atoms with Crippen LogP contribution in [0, 0.1) is 13.8 Å². The van der Waals surface area contributed by atoms with E-state index >= 15 is 0 Å². The monoisotopic (exact) mass is 827 g/mol. The van der Waals surface area contributed by atoms with Gasteiger partial charge in [0.05, 0.1) is 52.1 Å². The molecule has 5 aromatic carbocycles. The highest BCUT2D eigenvalue weighted by atomic mass is 32.2. The average molecular weight is 828 g/mol. The number of anilines is 4. The number of phenolic OH excluding ortho intramolecular Hbond substituents is 2. The molecule has 294 valence electrons. The molecule has 0 unspecified atom stereocenters. The molecule has 1 aliphatic rings. The van der Waals surface area contributed by atoms with Gasteiger partial charge >= 0.3 is 0 Å². The number of nitrogens with one attached hydrogen (secondary N) is 3. The zero-order chi connectivity index (χ0) is 40.5. The van der Waals surface area contributed by atoms with E-state index in [0.29, 0.717) is 64.7 Å². The number of phenols is 2. The number of azo groups is 1. The molecule has 7 rings (SSSR count). The molecule has 0 saturated carbocycles. The van der Waals surface area contributed by atoms with E-state index in [9.17, 15) is 31.8 Å². The Kier molecular flexibility index (Phi) is 10.9. The first-order valence-corrected chi connectivity index (χ1v) is 21.3. The number of hydrogen-bond donors (Lipinski definition) is 5. The summed E-state index contributed by atoms with van der Waals surface area (Å²) >= 11 is 0.997. The van der Waals surface area contributed by atoms with Gasteiger partial charge in [0.25, 0.3) is 20.0 Å². The molecule has 1 aliphatic heterocycles. The normalized spacial score (nSPS) is 13.6. The summed E-state index contributed by atoms with van der Waals surface area (Å²) in [5, 5.41) is 33.5. The maximum absolute atomic E-state index is 14.0. The first-order chi connectivity index (χ1) is 27.2. The quantitative estimate of drug-likeness (QED) is 0.0632. The third-order valence-corrected chi connectivity index (χ3v) is 12.7. The number of nitrogens with zero attached hydrogens (tertiary/aromatic N) is 4. The van der Waals surface area contributed by atoms with Gasteiger partial charge in [0.2, 0.25) is 5.91 Å². The molecular formula is C39H37N7O8S3. The Morgan fingerprint density at radius 3 is 2.30 bits per heavy atom. The summed E-state index contributed by atoms with van der Waals surface area (Å²) in [5.74, 6) is -0.786. The molecule has 1 fully saturated rings. The van der Waals surface area contributed by atoms with Crippen molar-refractivity contribution < 1.29 is 36.6 Å². The minimum atomic E-state index is -4.37. The lowest BCUT2D eigenvalue weighted by molar-refractivity contribution is -0.114. The van der Waals surface area contributed by atoms with E-state index in [0.717, 1.165) is 22.7 Å². The standard InChI is InChI=1S/C39H37N7O8S3/c1-23-17-33(36(48)18-24(23)2)45-57(52,53)37-21-27(9-12-35(37)46-13-15-54-16-14-46)44-56(50,51)29-10-11-32-31(22-29)39(55-43-32)42-41-28-19-30(26-7-5-4-6-8-26)38(49)34(20-28)40-25(3)47/h4-12,17-22,44-45,48-49H,13-16H2,1-3H3,(H,40,47). The largest absolute Gasteiger partial charge is 0.506 e. The first-order valence-electron chi connectivity index (χ1n) is 17.5.